The highest BCUT2D eigenvalue weighted by atomic mass is 16.5. The Bertz CT molecular complexity index is 833. The van der Waals surface area contributed by atoms with E-state index < -0.39 is 11.9 Å². The van der Waals surface area contributed by atoms with Crippen molar-refractivity contribution >= 4 is 23.5 Å². The number of anilines is 1. The summed E-state index contributed by atoms with van der Waals surface area (Å²) in [6, 6.07) is 11.2. The fraction of sp³-hybridized carbons (Fsp3) is 0.300. The van der Waals surface area contributed by atoms with Gasteiger partial charge in [0.2, 0.25) is 0 Å². The topological polar surface area (TPSA) is 97.4 Å². The number of para-hydroxylation sites is 1. The molecule has 0 bridgehead atoms. The van der Waals surface area contributed by atoms with Gasteiger partial charge in [-0.2, -0.15) is 0 Å². The largest absolute Gasteiger partial charge is 0.462 e. The first kappa shape index (κ1) is 20.1. The monoisotopic (exact) mass is 369 g/mol. The van der Waals surface area contributed by atoms with Crippen molar-refractivity contribution < 1.29 is 19.1 Å². The number of hydrogen-bond donors (Lipinski definition) is 2. The van der Waals surface area contributed by atoms with Crippen LogP contribution in [0.4, 0.5) is 5.69 Å². The summed E-state index contributed by atoms with van der Waals surface area (Å²) in [4.78, 5) is 40.8. The van der Waals surface area contributed by atoms with Gasteiger partial charge in [0.05, 0.1) is 17.9 Å². The molecule has 0 radical (unpaired) electrons. The second-order valence-electron chi connectivity index (χ2n) is 6.23. The number of benzene rings is 1. The van der Waals surface area contributed by atoms with Gasteiger partial charge < -0.3 is 15.4 Å². The van der Waals surface area contributed by atoms with E-state index >= 15 is 0 Å². The Morgan fingerprint density at radius 2 is 1.67 bits per heavy atom. The second-order valence-corrected chi connectivity index (χ2v) is 6.23. The van der Waals surface area contributed by atoms with Gasteiger partial charge >= 0.3 is 5.97 Å². The number of amides is 2. The van der Waals surface area contributed by atoms with E-state index in [9.17, 15) is 14.4 Å². The lowest BCUT2D eigenvalue weighted by molar-refractivity contribution is 0.0527. The fourth-order valence-corrected chi connectivity index (χ4v) is 2.24. The molecule has 2 aromatic rings. The zero-order valence-corrected chi connectivity index (χ0v) is 15.6. The molecule has 0 aliphatic carbocycles. The van der Waals surface area contributed by atoms with Gasteiger partial charge in [-0.3, -0.25) is 9.59 Å². The molecule has 0 saturated heterocycles. The molecule has 0 saturated carbocycles. The Morgan fingerprint density at radius 3 is 2.33 bits per heavy atom. The Hall–Kier alpha value is -3.22. The molecule has 0 spiro atoms. The number of hydrogen-bond acceptors (Lipinski definition) is 5. The maximum Gasteiger partial charge on any atom is 0.340 e. The normalized spacial score (nSPS) is 10.4. The Labute approximate surface area is 158 Å². The first-order chi connectivity index (χ1) is 12.9. The molecule has 7 heteroatoms. The van der Waals surface area contributed by atoms with E-state index in [1.54, 1.807) is 43.3 Å². The molecule has 2 N–H and O–H groups in total. The van der Waals surface area contributed by atoms with Crippen molar-refractivity contribution in [1.29, 1.82) is 0 Å². The molecule has 0 aliphatic rings. The lowest BCUT2D eigenvalue weighted by Gasteiger charge is -2.11. The molecule has 1 aromatic carbocycles. The van der Waals surface area contributed by atoms with Crippen LogP contribution in [0.3, 0.4) is 0 Å². The van der Waals surface area contributed by atoms with Crippen LogP contribution in [-0.2, 0) is 4.74 Å². The van der Waals surface area contributed by atoms with Crippen molar-refractivity contribution in [2.24, 2.45) is 5.92 Å². The Morgan fingerprint density at radius 1 is 1.00 bits per heavy atom. The van der Waals surface area contributed by atoms with Crippen LogP contribution in [0, 0.1) is 5.92 Å². The Kier molecular flexibility index (Phi) is 7.05. The predicted octanol–water partition coefficient (Wildman–Crippen LogP) is 2.90. The maximum absolute atomic E-state index is 12.5. The molecule has 1 aromatic heterocycles. The van der Waals surface area contributed by atoms with Crippen molar-refractivity contribution in [2.75, 3.05) is 18.5 Å². The van der Waals surface area contributed by atoms with Gasteiger partial charge in [0.15, 0.2) is 0 Å². The van der Waals surface area contributed by atoms with Crippen molar-refractivity contribution in [3.63, 3.8) is 0 Å². The maximum atomic E-state index is 12.5. The minimum absolute atomic E-state index is 0.0749. The quantitative estimate of drug-likeness (QED) is 0.732. The summed E-state index contributed by atoms with van der Waals surface area (Å²) < 4.78 is 4.99. The van der Waals surface area contributed by atoms with E-state index in [0.717, 1.165) is 0 Å². The number of nitrogens with one attached hydrogen (secondary N) is 2. The van der Waals surface area contributed by atoms with Crippen molar-refractivity contribution in [1.82, 2.24) is 10.3 Å². The zero-order valence-electron chi connectivity index (χ0n) is 15.6. The summed E-state index contributed by atoms with van der Waals surface area (Å²) in [6.07, 6.45) is 0. The molecule has 142 valence electrons. The van der Waals surface area contributed by atoms with Crippen LogP contribution < -0.4 is 10.6 Å². The number of esters is 1. The van der Waals surface area contributed by atoms with Gasteiger partial charge in [0.1, 0.15) is 11.4 Å². The fourth-order valence-electron chi connectivity index (χ4n) is 2.24. The minimum atomic E-state index is -0.525. The number of nitrogens with zero attached hydrogens (tertiary/aromatic N) is 1. The third-order valence-electron chi connectivity index (χ3n) is 3.56. The number of ether oxygens (including phenoxy) is 1. The lowest BCUT2D eigenvalue weighted by atomic mass is 10.1. The molecule has 27 heavy (non-hydrogen) atoms. The smallest absolute Gasteiger partial charge is 0.340 e. The van der Waals surface area contributed by atoms with Gasteiger partial charge in [-0.1, -0.05) is 32.0 Å². The van der Waals surface area contributed by atoms with E-state index in [1.165, 1.54) is 6.07 Å². The first-order valence-corrected chi connectivity index (χ1v) is 8.75. The first-order valence-electron chi connectivity index (χ1n) is 8.75. The van der Waals surface area contributed by atoms with Crippen LogP contribution in [0.5, 0.6) is 0 Å². The molecule has 2 rings (SSSR count). The highest BCUT2D eigenvalue weighted by Gasteiger charge is 2.17. The van der Waals surface area contributed by atoms with Crippen LogP contribution in [0.2, 0.25) is 0 Å². The van der Waals surface area contributed by atoms with E-state index in [1.807, 2.05) is 13.8 Å². The van der Waals surface area contributed by atoms with Gasteiger partial charge in [-0.05, 0) is 37.1 Å². The number of carbonyl (C=O) groups excluding carboxylic acids is 3. The highest BCUT2D eigenvalue weighted by molar-refractivity contribution is 6.07. The van der Waals surface area contributed by atoms with Gasteiger partial charge in [0, 0.05) is 6.54 Å². The number of pyridine rings is 1. The Balaban J connectivity index is 2.17. The summed E-state index contributed by atoms with van der Waals surface area (Å²) in [5.74, 6) is -1.08. The average Bonchev–Trinajstić information content (AvgIpc) is 2.66. The molecular weight excluding hydrogens is 346 g/mol. The molecule has 0 unspecified atom stereocenters. The van der Waals surface area contributed by atoms with Crippen LogP contribution in [0.15, 0.2) is 42.5 Å². The molecule has 0 atom stereocenters. The lowest BCUT2D eigenvalue weighted by Crippen LogP contribution is -2.28. The number of carbonyl (C=O) groups is 3. The van der Waals surface area contributed by atoms with Gasteiger partial charge in [-0.15, -0.1) is 0 Å². The second kappa shape index (κ2) is 9.47. The molecular formula is C20H23N3O4. The predicted molar refractivity (Wildman–Crippen MR) is 102 cm³/mol. The summed E-state index contributed by atoms with van der Waals surface area (Å²) in [5, 5.41) is 5.41. The third kappa shape index (κ3) is 5.64. The van der Waals surface area contributed by atoms with Gasteiger partial charge in [-0.25, -0.2) is 9.78 Å². The molecule has 1 heterocycles. The molecule has 2 amide bonds. The molecule has 0 fully saturated rings. The van der Waals surface area contributed by atoms with E-state index in [-0.39, 0.29) is 29.5 Å². The summed E-state index contributed by atoms with van der Waals surface area (Å²) in [7, 11) is 0. The van der Waals surface area contributed by atoms with E-state index in [0.29, 0.717) is 18.2 Å². The van der Waals surface area contributed by atoms with E-state index in [2.05, 4.69) is 15.6 Å². The van der Waals surface area contributed by atoms with Gasteiger partial charge in [0.25, 0.3) is 11.8 Å². The van der Waals surface area contributed by atoms with Crippen molar-refractivity contribution in [3.05, 3.63) is 59.4 Å². The number of rotatable bonds is 7. The van der Waals surface area contributed by atoms with Crippen LogP contribution >= 0.6 is 0 Å². The zero-order chi connectivity index (χ0) is 19.8. The van der Waals surface area contributed by atoms with Crippen molar-refractivity contribution in [3.8, 4) is 0 Å². The summed E-state index contributed by atoms with van der Waals surface area (Å²) >= 11 is 0. The SMILES string of the molecule is CCOC(=O)c1ccccc1NC(=O)c1cccc(C(=O)NCC(C)C)n1. The standard InChI is InChI=1S/C20H23N3O4/c1-4-27-20(26)14-8-5-6-9-15(14)23-19(25)17-11-7-10-16(22-17)18(24)21-12-13(2)3/h5-11,13H,4,12H2,1-3H3,(H,21,24)(H,23,25). The average molecular weight is 369 g/mol. The third-order valence-corrected chi connectivity index (χ3v) is 3.56. The van der Waals surface area contributed by atoms with Crippen LogP contribution in [0.25, 0.3) is 0 Å². The van der Waals surface area contributed by atoms with Crippen LogP contribution in [-0.4, -0.2) is 35.9 Å². The number of aromatic nitrogens is 1. The molecule has 0 aliphatic heterocycles. The summed E-state index contributed by atoms with van der Waals surface area (Å²) in [5.41, 5.74) is 0.795. The minimum Gasteiger partial charge on any atom is -0.462 e. The highest BCUT2D eigenvalue weighted by Crippen LogP contribution is 2.17. The van der Waals surface area contributed by atoms with Crippen LogP contribution in [0.1, 0.15) is 52.1 Å². The molecule has 7 nitrogen and oxygen atoms in total. The van der Waals surface area contributed by atoms with Crippen molar-refractivity contribution in [2.45, 2.75) is 20.8 Å². The summed E-state index contributed by atoms with van der Waals surface area (Å²) in [6.45, 7) is 6.43. The van der Waals surface area contributed by atoms with E-state index in [4.69, 9.17) is 4.74 Å².